The van der Waals surface area contributed by atoms with Crippen LogP contribution in [0.25, 0.3) is 0 Å². The van der Waals surface area contributed by atoms with Gasteiger partial charge in [-0.25, -0.2) is 4.39 Å². The number of hydrogen-bond acceptors (Lipinski definition) is 2. The minimum atomic E-state index is -0.582. The third kappa shape index (κ3) is 3.00. The molecule has 0 aliphatic rings. The monoisotopic (exact) mass is 281 g/mol. The zero-order valence-corrected chi connectivity index (χ0v) is 12.0. The van der Waals surface area contributed by atoms with E-state index in [0.29, 0.717) is 11.1 Å². The van der Waals surface area contributed by atoms with Gasteiger partial charge in [-0.05, 0) is 17.5 Å². The SMILES string of the molecule is CC(C)C(C(=O)c1ccccc1)c1cccc(F)c1C#N. The van der Waals surface area contributed by atoms with Crippen LogP contribution >= 0.6 is 0 Å². The first-order valence-electron chi connectivity index (χ1n) is 6.84. The van der Waals surface area contributed by atoms with E-state index in [1.54, 1.807) is 36.4 Å². The van der Waals surface area contributed by atoms with Crippen molar-refractivity contribution >= 4 is 5.78 Å². The molecular formula is C18H16FNO. The van der Waals surface area contributed by atoms with Crippen molar-refractivity contribution in [1.29, 1.82) is 5.26 Å². The average Bonchev–Trinajstić information content (AvgIpc) is 2.48. The molecule has 3 heteroatoms. The number of carbonyl (C=O) groups excluding carboxylic acids is 1. The number of hydrogen-bond donors (Lipinski definition) is 0. The smallest absolute Gasteiger partial charge is 0.170 e. The Bertz CT molecular complexity index is 686. The van der Waals surface area contributed by atoms with Gasteiger partial charge in [0.05, 0.1) is 11.5 Å². The van der Waals surface area contributed by atoms with Crippen molar-refractivity contribution < 1.29 is 9.18 Å². The molecule has 0 bridgehead atoms. The van der Waals surface area contributed by atoms with Crippen LogP contribution in [-0.2, 0) is 0 Å². The Hall–Kier alpha value is -2.47. The average molecular weight is 281 g/mol. The zero-order chi connectivity index (χ0) is 15.4. The second-order valence-corrected chi connectivity index (χ2v) is 5.27. The quantitative estimate of drug-likeness (QED) is 0.783. The fraction of sp³-hybridized carbons (Fsp3) is 0.222. The topological polar surface area (TPSA) is 40.9 Å². The molecule has 2 aromatic rings. The van der Waals surface area contributed by atoms with Crippen LogP contribution in [0.15, 0.2) is 48.5 Å². The van der Waals surface area contributed by atoms with Gasteiger partial charge in [0.1, 0.15) is 11.9 Å². The molecule has 2 aromatic carbocycles. The van der Waals surface area contributed by atoms with E-state index < -0.39 is 11.7 Å². The highest BCUT2D eigenvalue weighted by molar-refractivity contribution is 6.01. The van der Waals surface area contributed by atoms with Crippen LogP contribution < -0.4 is 0 Å². The van der Waals surface area contributed by atoms with Crippen molar-refractivity contribution in [3.63, 3.8) is 0 Å². The summed E-state index contributed by atoms with van der Waals surface area (Å²) >= 11 is 0. The molecule has 0 radical (unpaired) electrons. The maximum Gasteiger partial charge on any atom is 0.170 e. The Morgan fingerprint density at radius 2 is 1.76 bits per heavy atom. The molecule has 1 atom stereocenters. The normalized spacial score (nSPS) is 12.0. The van der Waals surface area contributed by atoms with Gasteiger partial charge in [0.15, 0.2) is 5.78 Å². The second kappa shape index (κ2) is 6.32. The van der Waals surface area contributed by atoms with Gasteiger partial charge in [-0.2, -0.15) is 5.26 Å². The predicted octanol–water partition coefficient (Wildman–Crippen LogP) is 4.32. The highest BCUT2D eigenvalue weighted by Crippen LogP contribution is 2.31. The van der Waals surface area contributed by atoms with E-state index in [-0.39, 0.29) is 17.3 Å². The minimum Gasteiger partial charge on any atom is -0.293 e. The van der Waals surface area contributed by atoms with Crippen molar-refractivity contribution in [3.05, 3.63) is 71.0 Å². The van der Waals surface area contributed by atoms with Gasteiger partial charge in [-0.3, -0.25) is 4.79 Å². The molecule has 0 heterocycles. The zero-order valence-electron chi connectivity index (χ0n) is 12.0. The largest absolute Gasteiger partial charge is 0.293 e. The summed E-state index contributed by atoms with van der Waals surface area (Å²) in [5.41, 5.74) is 0.992. The molecule has 0 saturated carbocycles. The maximum atomic E-state index is 13.8. The number of ketones is 1. The molecule has 0 fully saturated rings. The third-order valence-electron chi connectivity index (χ3n) is 3.50. The van der Waals surface area contributed by atoms with E-state index in [0.717, 1.165) is 0 Å². The predicted molar refractivity (Wildman–Crippen MR) is 79.5 cm³/mol. The molecule has 1 unspecified atom stereocenters. The molecular weight excluding hydrogens is 265 g/mol. The van der Waals surface area contributed by atoms with E-state index in [1.165, 1.54) is 6.07 Å². The molecule has 0 amide bonds. The molecule has 21 heavy (non-hydrogen) atoms. The molecule has 0 aliphatic heterocycles. The lowest BCUT2D eigenvalue weighted by Crippen LogP contribution is -2.20. The Kier molecular flexibility index (Phi) is 4.49. The summed E-state index contributed by atoms with van der Waals surface area (Å²) in [6, 6.07) is 15.2. The summed E-state index contributed by atoms with van der Waals surface area (Å²) in [4.78, 5) is 12.7. The fourth-order valence-electron chi connectivity index (χ4n) is 2.50. The lowest BCUT2D eigenvalue weighted by atomic mass is 9.80. The van der Waals surface area contributed by atoms with Gasteiger partial charge in [0.2, 0.25) is 0 Å². The van der Waals surface area contributed by atoms with Crippen LogP contribution in [0, 0.1) is 23.1 Å². The van der Waals surface area contributed by atoms with Gasteiger partial charge in [0, 0.05) is 5.56 Å². The third-order valence-corrected chi connectivity index (χ3v) is 3.50. The summed E-state index contributed by atoms with van der Waals surface area (Å²) in [5, 5.41) is 9.18. The van der Waals surface area contributed by atoms with Crippen LogP contribution in [0.5, 0.6) is 0 Å². The van der Waals surface area contributed by atoms with Crippen molar-refractivity contribution in [2.24, 2.45) is 5.92 Å². The Labute approximate surface area is 123 Å². The molecule has 0 N–H and O–H groups in total. The highest BCUT2D eigenvalue weighted by Gasteiger charge is 2.28. The van der Waals surface area contributed by atoms with E-state index in [9.17, 15) is 14.4 Å². The summed E-state index contributed by atoms with van der Waals surface area (Å²) in [6.45, 7) is 3.80. The molecule has 0 aromatic heterocycles. The van der Waals surface area contributed by atoms with Crippen LogP contribution in [0.1, 0.15) is 41.3 Å². The van der Waals surface area contributed by atoms with Crippen LogP contribution in [0.4, 0.5) is 4.39 Å². The number of nitriles is 1. The number of carbonyl (C=O) groups is 1. The van der Waals surface area contributed by atoms with Crippen molar-refractivity contribution in [2.45, 2.75) is 19.8 Å². The molecule has 2 rings (SSSR count). The Balaban J connectivity index is 2.54. The van der Waals surface area contributed by atoms with Gasteiger partial charge < -0.3 is 0 Å². The number of benzene rings is 2. The van der Waals surface area contributed by atoms with Crippen molar-refractivity contribution in [1.82, 2.24) is 0 Å². The first-order chi connectivity index (χ1) is 10.1. The Morgan fingerprint density at radius 3 is 2.33 bits per heavy atom. The molecule has 0 spiro atoms. The van der Waals surface area contributed by atoms with Crippen LogP contribution in [0.3, 0.4) is 0 Å². The lowest BCUT2D eigenvalue weighted by molar-refractivity contribution is 0.0937. The first kappa shape index (κ1) is 14.9. The summed E-state index contributed by atoms with van der Waals surface area (Å²) in [6.07, 6.45) is 0. The lowest BCUT2D eigenvalue weighted by Gasteiger charge is -2.21. The van der Waals surface area contributed by atoms with Crippen LogP contribution in [0.2, 0.25) is 0 Å². The minimum absolute atomic E-state index is 0.0355. The molecule has 2 nitrogen and oxygen atoms in total. The number of nitrogens with zero attached hydrogens (tertiary/aromatic N) is 1. The summed E-state index contributed by atoms with van der Waals surface area (Å²) < 4.78 is 13.8. The molecule has 106 valence electrons. The molecule has 0 saturated heterocycles. The van der Waals surface area contributed by atoms with Gasteiger partial charge in [0.25, 0.3) is 0 Å². The van der Waals surface area contributed by atoms with E-state index in [1.807, 2.05) is 26.0 Å². The standard InChI is InChI=1S/C18H16FNO/c1-12(2)17(18(21)13-7-4-3-5-8-13)14-9-6-10-16(19)15(14)11-20/h3-10,12,17H,1-2H3. The summed E-state index contributed by atoms with van der Waals surface area (Å²) in [7, 11) is 0. The van der Waals surface area contributed by atoms with E-state index in [4.69, 9.17) is 0 Å². The number of rotatable bonds is 4. The number of Topliss-reactive ketones (excluding diaryl/α,β-unsaturated/α-hetero) is 1. The number of halogens is 1. The highest BCUT2D eigenvalue weighted by atomic mass is 19.1. The van der Waals surface area contributed by atoms with Crippen molar-refractivity contribution in [3.8, 4) is 6.07 Å². The summed E-state index contributed by atoms with van der Waals surface area (Å²) in [5.74, 6) is -1.24. The Morgan fingerprint density at radius 1 is 1.10 bits per heavy atom. The van der Waals surface area contributed by atoms with Gasteiger partial charge >= 0.3 is 0 Å². The maximum absolute atomic E-state index is 13.8. The molecule has 0 aliphatic carbocycles. The van der Waals surface area contributed by atoms with E-state index in [2.05, 4.69) is 0 Å². The van der Waals surface area contributed by atoms with Gasteiger partial charge in [-0.1, -0.05) is 56.3 Å². The van der Waals surface area contributed by atoms with Crippen LogP contribution in [-0.4, -0.2) is 5.78 Å². The van der Waals surface area contributed by atoms with E-state index >= 15 is 0 Å². The van der Waals surface area contributed by atoms with Crippen molar-refractivity contribution in [2.75, 3.05) is 0 Å². The second-order valence-electron chi connectivity index (χ2n) is 5.27. The first-order valence-corrected chi connectivity index (χ1v) is 6.84. The van der Waals surface area contributed by atoms with Gasteiger partial charge in [-0.15, -0.1) is 0 Å². The fourth-order valence-corrected chi connectivity index (χ4v) is 2.50.